The average molecular weight is 336 g/mol. The van der Waals surface area contributed by atoms with Crippen molar-refractivity contribution in [3.63, 3.8) is 0 Å². The molecule has 1 atom stereocenters. The van der Waals surface area contributed by atoms with Crippen LogP contribution in [0.4, 0.5) is 0 Å². The first-order valence-corrected chi connectivity index (χ1v) is 10.2. The quantitative estimate of drug-likeness (QED) is 0.705. The van der Waals surface area contributed by atoms with E-state index in [1.165, 1.54) is 57.2 Å². The standard InChI is InChI=1S/C19H29NO2S/c1-2-16(1)14-21-10-3-18-4-11-22-19(18)6-8-20(9-7-19)13-17-5-12-23-15-17/h5,12,15-16,18H,1-4,6-11,13-14H2/t18-/m0/s1. The van der Waals surface area contributed by atoms with E-state index in [1.807, 2.05) is 0 Å². The summed E-state index contributed by atoms with van der Waals surface area (Å²) in [4.78, 5) is 2.59. The van der Waals surface area contributed by atoms with Gasteiger partial charge in [-0.25, -0.2) is 0 Å². The van der Waals surface area contributed by atoms with E-state index in [1.54, 1.807) is 11.3 Å². The lowest BCUT2D eigenvalue weighted by atomic mass is 9.78. The molecular weight excluding hydrogens is 306 g/mol. The Labute approximate surface area is 144 Å². The summed E-state index contributed by atoms with van der Waals surface area (Å²) in [5.74, 6) is 1.59. The van der Waals surface area contributed by atoms with Gasteiger partial charge < -0.3 is 9.47 Å². The van der Waals surface area contributed by atoms with E-state index >= 15 is 0 Å². The SMILES string of the molecule is c1cc(CN2CCC3(CC2)OCC[C@@H]3CCOCC2CC2)cs1. The highest BCUT2D eigenvalue weighted by Gasteiger charge is 2.45. The van der Waals surface area contributed by atoms with Gasteiger partial charge in [0.2, 0.25) is 0 Å². The summed E-state index contributed by atoms with van der Waals surface area (Å²) >= 11 is 1.80. The van der Waals surface area contributed by atoms with Crippen LogP contribution in [0.25, 0.3) is 0 Å². The smallest absolute Gasteiger partial charge is 0.0736 e. The van der Waals surface area contributed by atoms with Crippen LogP contribution in [0.5, 0.6) is 0 Å². The van der Waals surface area contributed by atoms with Gasteiger partial charge in [-0.05, 0) is 72.8 Å². The monoisotopic (exact) mass is 335 g/mol. The number of rotatable bonds is 7. The van der Waals surface area contributed by atoms with Crippen LogP contribution in [0.15, 0.2) is 16.8 Å². The fourth-order valence-electron chi connectivity index (χ4n) is 4.24. The lowest BCUT2D eigenvalue weighted by Gasteiger charge is -2.42. The maximum atomic E-state index is 6.29. The zero-order valence-corrected chi connectivity index (χ0v) is 14.9. The van der Waals surface area contributed by atoms with Crippen LogP contribution in [0.2, 0.25) is 0 Å². The highest BCUT2D eigenvalue weighted by Crippen LogP contribution is 2.42. The molecule has 3 heterocycles. The number of hydrogen-bond acceptors (Lipinski definition) is 4. The minimum Gasteiger partial charge on any atom is -0.381 e. The Morgan fingerprint density at radius 2 is 2.13 bits per heavy atom. The van der Waals surface area contributed by atoms with Gasteiger partial charge in [0.1, 0.15) is 0 Å². The van der Waals surface area contributed by atoms with Crippen molar-refractivity contribution >= 4 is 11.3 Å². The molecule has 0 aromatic carbocycles. The van der Waals surface area contributed by atoms with Gasteiger partial charge >= 0.3 is 0 Å². The third-order valence-corrected chi connectivity index (χ3v) is 6.68. The number of ether oxygens (including phenoxy) is 2. The minimum atomic E-state index is 0.161. The Morgan fingerprint density at radius 1 is 1.26 bits per heavy atom. The molecule has 2 aliphatic heterocycles. The lowest BCUT2D eigenvalue weighted by molar-refractivity contribution is -0.0731. The molecular formula is C19H29NO2S. The zero-order valence-electron chi connectivity index (χ0n) is 14.0. The van der Waals surface area contributed by atoms with Crippen LogP contribution in [0, 0.1) is 11.8 Å². The van der Waals surface area contributed by atoms with Crippen LogP contribution in [-0.4, -0.2) is 43.4 Å². The molecule has 1 aromatic heterocycles. The van der Waals surface area contributed by atoms with E-state index in [0.717, 1.165) is 32.3 Å². The number of nitrogens with zero attached hydrogens (tertiary/aromatic N) is 1. The topological polar surface area (TPSA) is 21.7 Å². The molecule has 0 amide bonds. The molecule has 0 bridgehead atoms. The first-order valence-electron chi connectivity index (χ1n) is 9.29. The fraction of sp³-hybridized carbons (Fsp3) is 0.789. The van der Waals surface area contributed by atoms with E-state index in [2.05, 4.69) is 21.7 Å². The Balaban J connectivity index is 1.24. The van der Waals surface area contributed by atoms with Gasteiger partial charge in [-0.2, -0.15) is 11.3 Å². The highest BCUT2D eigenvalue weighted by atomic mass is 32.1. The van der Waals surface area contributed by atoms with Crippen molar-refractivity contribution in [2.24, 2.45) is 11.8 Å². The number of piperidine rings is 1. The molecule has 1 saturated carbocycles. The normalized spacial score (nSPS) is 27.7. The highest BCUT2D eigenvalue weighted by molar-refractivity contribution is 7.07. The average Bonchev–Trinajstić information content (AvgIpc) is 3.10. The van der Waals surface area contributed by atoms with Crippen LogP contribution in [0.1, 0.15) is 44.1 Å². The molecule has 1 aliphatic carbocycles. The second-order valence-electron chi connectivity index (χ2n) is 7.61. The van der Waals surface area contributed by atoms with Crippen LogP contribution in [0.3, 0.4) is 0 Å². The van der Waals surface area contributed by atoms with Gasteiger partial charge in [0.25, 0.3) is 0 Å². The van der Waals surface area contributed by atoms with Crippen LogP contribution in [-0.2, 0) is 16.0 Å². The van der Waals surface area contributed by atoms with Gasteiger partial charge in [-0.1, -0.05) is 0 Å². The van der Waals surface area contributed by atoms with E-state index in [-0.39, 0.29) is 5.60 Å². The Kier molecular flexibility index (Phi) is 5.04. The maximum Gasteiger partial charge on any atom is 0.0736 e. The Bertz CT molecular complexity index is 478. The van der Waals surface area contributed by atoms with Gasteiger partial charge in [-0.3, -0.25) is 4.90 Å². The third kappa shape index (κ3) is 3.98. The summed E-state index contributed by atoms with van der Waals surface area (Å²) in [5.41, 5.74) is 1.62. The van der Waals surface area contributed by atoms with Crippen molar-refractivity contribution < 1.29 is 9.47 Å². The predicted molar refractivity (Wildman–Crippen MR) is 93.8 cm³/mol. The van der Waals surface area contributed by atoms with Crippen LogP contribution < -0.4 is 0 Å². The molecule has 3 nitrogen and oxygen atoms in total. The molecule has 4 heteroatoms. The van der Waals surface area contributed by atoms with Crippen molar-refractivity contribution in [1.29, 1.82) is 0 Å². The van der Waals surface area contributed by atoms with E-state index in [4.69, 9.17) is 9.47 Å². The predicted octanol–water partition coefficient (Wildman–Crippen LogP) is 3.94. The third-order valence-electron chi connectivity index (χ3n) is 5.95. The van der Waals surface area contributed by atoms with E-state index < -0.39 is 0 Å². The Morgan fingerprint density at radius 3 is 2.87 bits per heavy atom. The molecule has 0 unspecified atom stereocenters. The summed E-state index contributed by atoms with van der Waals surface area (Å²) in [5, 5.41) is 4.45. The van der Waals surface area contributed by atoms with Crippen molar-refractivity contribution in [3.05, 3.63) is 22.4 Å². The van der Waals surface area contributed by atoms with Crippen molar-refractivity contribution in [2.45, 2.75) is 50.7 Å². The molecule has 0 radical (unpaired) electrons. The summed E-state index contributed by atoms with van der Waals surface area (Å²) in [6.45, 7) is 6.34. The molecule has 4 rings (SSSR count). The van der Waals surface area contributed by atoms with Gasteiger partial charge in [-0.15, -0.1) is 0 Å². The van der Waals surface area contributed by atoms with Gasteiger partial charge in [0.15, 0.2) is 0 Å². The molecule has 128 valence electrons. The largest absolute Gasteiger partial charge is 0.381 e. The number of thiophene rings is 1. The van der Waals surface area contributed by atoms with Crippen molar-refractivity contribution in [3.8, 4) is 0 Å². The zero-order chi connectivity index (χ0) is 15.5. The maximum absolute atomic E-state index is 6.29. The molecule has 3 aliphatic rings. The first kappa shape index (κ1) is 16.1. The van der Waals surface area contributed by atoms with Gasteiger partial charge in [0, 0.05) is 39.5 Å². The molecule has 1 aromatic rings. The lowest BCUT2D eigenvalue weighted by Crippen LogP contribution is -2.47. The summed E-state index contributed by atoms with van der Waals surface area (Å²) in [7, 11) is 0. The number of hydrogen-bond donors (Lipinski definition) is 0. The molecule has 3 fully saturated rings. The number of likely N-dealkylation sites (tertiary alicyclic amines) is 1. The first-order chi connectivity index (χ1) is 11.3. The second-order valence-corrected chi connectivity index (χ2v) is 8.39. The van der Waals surface area contributed by atoms with Crippen LogP contribution >= 0.6 is 11.3 Å². The van der Waals surface area contributed by atoms with E-state index in [9.17, 15) is 0 Å². The van der Waals surface area contributed by atoms with E-state index in [0.29, 0.717) is 5.92 Å². The minimum absolute atomic E-state index is 0.161. The molecule has 1 spiro atoms. The summed E-state index contributed by atoms with van der Waals surface area (Å²) in [6, 6.07) is 2.25. The molecule has 0 N–H and O–H groups in total. The summed E-state index contributed by atoms with van der Waals surface area (Å²) < 4.78 is 12.2. The summed E-state index contributed by atoms with van der Waals surface area (Å²) in [6.07, 6.45) is 7.59. The Hall–Kier alpha value is -0.420. The molecule has 2 saturated heterocycles. The van der Waals surface area contributed by atoms with Crippen molar-refractivity contribution in [2.75, 3.05) is 32.9 Å². The van der Waals surface area contributed by atoms with Gasteiger partial charge in [0.05, 0.1) is 5.60 Å². The fourth-order valence-corrected chi connectivity index (χ4v) is 4.90. The second kappa shape index (κ2) is 7.22. The van der Waals surface area contributed by atoms with Crippen molar-refractivity contribution in [1.82, 2.24) is 4.90 Å². The molecule has 23 heavy (non-hydrogen) atoms.